The van der Waals surface area contributed by atoms with E-state index in [1.165, 1.54) is 17.9 Å². The molecule has 2 heterocycles. The van der Waals surface area contributed by atoms with Crippen molar-refractivity contribution in [3.63, 3.8) is 0 Å². The molecule has 0 radical (unpaired) electrons. The highest BCUT2D eigenvalue weighted by Crippen LogP contribution is 2.22. The van der Waals surface area contributed by atoms with Crippen LogP contribution in [0, 0.1) is 0 Å². The number of hydrogen-bond donors (Lipinski definition) is 0. The highest BCUT2D eigenvalue weighted by atomic mass is 32.2. The molecule has 1 aliphatic heterocycles. The van der Waals surface area contributed by atoms with Gasteiger partial charge in [-0.2, -0.15) is 11.8 Å². The number of pyridine rings is 1. The van der Waals surface area contributed by atoms with E-state index in [-0.39, 0.29) is 0 Å². The van der Waals surface area contributed by atoms with E-state index >= 15 is 0 Å². The molecule has 1 fully saturated rings. The fourth-order valence-electron chi connectivity index (χ4n) is 1.92. The van der Waals surface area contributed by atoms with Gasteiger partial charge in [0.1, 0.15) is 5.75 Å². The van der Waals surface area contributed by atoms with E-state index in [0.717, 1.165) is 18.0 Å². The fraction of sp³-hybridized carbons (Fsp3) is 0.583. The van der Waals surface area contributed by atoms with Gasteiger partial charge in [0, 0.05) is 30.6 Å². The summed E-state index contributed by atoms with van der Waals surface area (Å²) in [6.45, 7) is 0.905. The van der Waals surface area contributed by atoms with Crippen LogP contribution in [-0.2, 0) is 6.54 Å². The Bertz CT molecular complexity index is 340. The van der Waals surface area contributed by atoms with Crippen molar-refractivity contribution in [2.75, 3.05) is 25.7 Å². The van der Waals surface area contributed by atoms with Gasteiger partial charge in [0.15, 0.2) is 0 Å². The van der Waals surface area contributed by atoms with Crippen molar-refractivity contribution < 1.29 is 4.74 Å². The lowest BCUT2D eigenvalue weighted by molar-refractivity contribution is 0.251. The average Bonchev–Trinajstić information content (AvgIpc) is 2.83. The van der Waals surface area contributed by atoms with Crippen molar-refractivity contribution in [3.05, 3.63) is 24.0 Å². The van der Waals surface area contributed by atoms with E-state index in [4.69, 9.17) is 4.74 Å². The van der Waals surface area contributed by atoms with Crippen molar-refractivity contribution in [1.82, 2.24) is 9.88 Å². The minimum Gasteiger partial charge on any atom is -0.497 e. The second-order valence-electron chi connectivity index (χ2n) is 4.12. The molecule has 1 aliphatic rings. The normalized spacial score (nSPS) is 20.3. The van der Waals surface area contributed by atoms with Crippen LogP contribution in [0.2, 0.25) is 0 Å². The zero-order valence-electron chi connectivity index (χ0n) is 9.85. The number of rotatable bonds is 4. The molecule has 0 amide bonds. The van der Waals surface area contributed by atoms with Crippen molar-refractivity contribution >= 4 is 11.8 Å². The van der Waals surface area contributed by atoms with Gasteiger partial charge in [0.25, 0.3) is 0 Å². The predicted octanol–water partition coefficient (Wildman–Crippen LogP) is 2.03. The van der Waals surface area contributed by atoms with Crippen LogP contribution in [0.1, 0.15) is 12.1 Å². The molecule has 0 aromatic carbocycles. The van der Waals surface area contributed by atoms with Crippen LogP contribution in [0.4, 0.5) is 0 Å². The van der Waals surface area contributed by atoms with Gasteiger partial charge in [-0.15, -0.1) is 0 Å². The molecule has 0 saturated carbocycles. The molecule has 1 unspecified atom stereocenters. The highest BCUT2D eigenvalue weighted by Gasteiger charge is 2.20. The zero-order valence-corrected chi connectivity index (χ0v) is 10.7. The number of hydrogen-bond acceptors (Lipinski definition) is 4. The molecule has 0 N–H and O–H groups in total. The minimum absolute atomic E-state index is 0.706. The summed E-state index contributed by atoms with van der Waals surface area (Å²) in [6.07, 6.45) is 3.11. The first kappa shape index (κ1) is 11.7. The first-order valence-electron chi connectivity index (χ1n) is 5.56. The minimum atomic E-state index is 0.706. The summed E-state index contributed by atoms with van der Waals surface area (Å²) in [5.74, 6) is 3.43. The van der Waals surface area contributed by atoms with Gasteiger partial charge in [0.2, 0.25) is 0 Å². The lowest BCUT2D eigenvalue weighted by Crippen LogP contribution is -2.31. The topological polar surface area (TPSA) is 25.4 Å². The van der Waals surface area contributed by atoms with Gasteiger partial charge in [0.05, 0.1) is 12.8 Å². The van der Waals surface area contributed by atoms with Crippen molar-refractivity contribution in [1.29, 1.82) is 0 Å². The molecule has 0 aliphatic carbocycles. The molecular formula is C12H18N2OS. The summed E-state index contributed by atoms with van der Waals surface area (Å²) in [6, 6.07) is 4.60. The molecule has 0 spiro atoms. The van der Waals surface area contributed by atoms with Gasteiger partial charge in [-0.1, -0.05) is 0 Å². The van der Waals surface area contributed by atoms with Crippen LogP contribution < -0.4 is 4.74 Å². The lowest BCUT2D eigenvalue weighted by atomic mass is 10.2. The van der Waals surface area contributed by atoms with Crippen molar-refractivity contribution in [3.8, 4) is 5.75 Å². The maximum atomic E-state index is 5.20. The molecule has 1 atom stereocenters. The Morgan fingerprint density at radius 2 is 2.50 bits per heavy atom. The Morgan fingerprint density at radius 3 is 3.19 bits per heavy atom. The number of thioether (sulfide) groups is 1. The van der Waals surface area contributed by atoms with Gasteiger partial charge in [-0.05, 0) is 25.3 Å². The molecule has 1 aromatic rings. The van der Waals surface area contributed by atoms with E-state index in [0.29, 0.717) is 6.04 Å². The van der Waals surface area contributed by atoms with Gasteiger partial charge >= 0.3 is 0 Å². The molecule has 1 saturated heterocycles. The van der Waals surface area contributed by atoms with E-state index in [9.17, 15) is 0 Å². The van der Waals surface area contributed by atoms with Crippen LogP contribution in [0.3, 0.4) is 0 Å². The predicted molar refractivity (Wildman–Crippen MR) is 68.0 cm³/mol. The van der Waals surface area contributed by atoms with E-state index < -0.39 is 0 Å². The van der Waals surface area contributed by atoms with E-state index in [1.54, 1.807) is 7.11 Å². The summed E-state index contributed by atoms with van der Waals surface area (Å²) in [5.41, 5.74) is 1.08. The lowest BCUT2D eigenvalue weighted by Gasteiger charge is -2.22. The average molecular weight is 238 g/mol. The summed E-state index contributed by atoms with van der Waals surface area (Å²) in [7, 11) is 3.87. The molecule has 16 heavy (non-hydrogen) atoms. The van der Waals surface area contributed by atoms with Crippen LogP contribution in [0.25, 0.3) is 0 Å². The third kappa shape index (κ3) is 2.89. The third-order valence-corrected chi connectivity index (χ3v) is 4.11. The summed E-state index contributed by atoms with van der Waals surface area (Å²) in [4.78, 5) is 6.76. The van der Waals surface area contributed by atoms with Crippen LogP contribution in [0.5, 0.6) is 5.75 Å². The second kappa shape index (κ2) is 5.55. The first-order valence-corrected chi connectivity index (χ1v) is 6.72. The molecule has 88 valence electrons. The van der Waals surface area contributed by atoms with E-state index in [1.807, 2.05) is 30.1 Å². The van der Waals surface area contributed by atoms with Gasteiger partial charge in [-0.3, -0.25) is 9.88 Å². The van der Waals surface area contributed by atoms with Gasteiger partial charge < -0.3 is 4.74 Å². The Labute approximate surface area is 101 Å². The Hall–Kier alpha value is -0.740. The highest BCUT2D eigenvalue weighted by molar-refractivity contribution is 7.99. The molecule has 3 nitrogen and oxygen atoms in total. The number of ether oxygens (including phenoxy) is 1. The summed E-state index contributed by atoms with van der Waals surface area (Å²) in [5, 5.41) is 0. The molecular weight excluding hydrogens is 220 g/mol. The van der Waals surface area contributed by atoms with Crippen LogP contribution >= 0.6 is 11.8 Å². The van der Waals surface area contributed by atoms with Crippen LogP contribution in [-0.4, -0.2) is 41.6 Å². The zero-order chi connectivity index (χ0) is 11.4. The Balaban J connectivity index is 1.96. The number of methoxy groups -OCH3 is 1. The van der Waals surface area contributed by atoms with Crippen LogP contribution in [0.15, 0.2) is 18.3 Å². The monoisotopic (exact) mass is 238 g/mol. The van der Waals surface area contributed by atoms with Gasteiger partial charge in [-0.25, -0.2) is 0 Å². The molecule has 2 rings (SSSR count). The smallest absolute Gasteiger partial charge is 0.122 e. The Kier molecular flexibility index (Phi) is 4.07. The first-order chi connectivity index (χ1) is 7.79. The van der Waals surface area contributed by atoms with Crippen molar-refractivity contribution in [2.24, 2.45) is 0 Å². The molecule has 4 heteroatoms. The summed E-state index contributed by atoms with van der Waals surface area (Å²) >= 11 is 2.04. The third-order valence-electron chi connectivity index (χ3n) is 2.96. The number of aromatic nitrogens is 1. The second-order valence-corrected chi connectivity index (χ2v) is 5.27. The van der Waals surface area contributed by atoms with Crippen molar-refractivity contribution in [2.45, 2.75) is 19.0 Å². The number of nitrogens with zero attached hydrogens (tertiary/aromatic N) is 2. The summed E-state index contributed by atoms with van der Waals surface area (Å²) < 4.78 is 5.20. The quantitative estimate of drug-likeness (QED) is 0.801. The maximum Gasteiger partial charge on any atom is 0.122 e. The van der Waals surface area contributed by atoms with E-state index in [2.05, 4.69) is 16.9 Å². The maximum absolute atomic E-state index is 5.20. The standard InChI is InChI=1S/C12H18N2OS/c1-14(11-4-6-16-9-11)8-10-7-12(15-2)3-5-13-10/h3,5,7,11H,4,6,8-9H2,1-2H3. The Morgan fingerprint density at radius 1 is 1.62 bits per heavy atom. The fourth-order valence-corrected chi connectivity index (χ4v) is 3.22. The molecule has 1 aromatic heterocycles. The SMILES string of the molecule is COc1ccnc(CN(C)C2CCSC2)c1. The largest absolute Gasteiger partial charge is 0.497 e. The molecule has 0 bridgehead atoms.